The highest BCUT2D eigenvalue weighted by Crippen LogP contribution is 2.35. The molecule has 0 saturated carbocycles. The number of nitrogens with zero attached hydrogens (tertiary/aromatic N) is 2. The van der Waals surface area contributed by atoms with Gasteiger partial charge >= 0.3 is 0 Å². The first kappa shape index (κ1) is 26.3. The van der Waals surface area contributed by atoms with Gasteiger partial charge in [-0.1, -0.05) is 27.7 Å². The molecule has 0 bridgehead atoms. The molecule has 0 aromatic heterocycles. The van der Waals surface area contributed by atoms with Gasteiger partial charge in [-0.05, 0) is 45.4 Å². The van der Waals surface area contributed by atoms with Gasteiger partial charge in [0.1, 0.15) is 0 Å². The highest BCUT2D eigenvalue weighted by Gasteiger charge is 2.38. The van der Waals surface area contributed by atoms with Crippen LogP contribution in [0.4, 0.5) is 0 Å². The Labute approximate surface area is 167 Å². The summed E-state index contributed by atoms with van der Waals surface area (Å²) < 4.78 is 32.3. The topological polar surface area (TPSA) is 66.9 Å². The van der Waals surface area contributed by atoms with Crippen LogP contribution in [0.2, 0.25) is 0 Å². The largest absolute Gasteiger partial charge is 0.373 e. The Morgan fingerprint density at radius 2 is 1.59 bits per heavy atom. The molecule has 6 nitrogen and oxygen atoms in total. The van der Waals surface area contributed by atoms with Crippen LogP contribution >= 0.6 is 0 Å². The number of carbonyl (C=O) groups excluding carboxylic acids is 1. The quantitative estimate of drug-likeness (QED) is 0.498. The SMILES string of the molecule is CCC(C)OC(CN(C(C)C)S(C)(=O)=O)C(C)(C)CC(CC)C(=O)N(C)C. The van der Waals surface area contributed by atoms with E-state index in [0.29, 0.717) is 13.0 Å². The van der Waals surface area contributed by atoms with Crippen LogP contribution in [0.5, 0.6) is 0 Å². The summed E-state index contributed by atoms with van der Waals surface area (Å²) in [6.45, 7) is 14.3. The van der Waals surface area contributed by atoms with E-state index in [0.717, 1.165) is 12.8 Å². The summed E-state index contributed by atoms with van der Waals surface area (Å²) in [5.74, 6) is 0.000426. The van der Waals surface area contributed by atoms with E-state index in [1.807, 2.05) is 27.7 Å². The highest BCUT2D eigenvalue weighted by atomic mass is 32.2. The van der Waals surface area contributed by atoms with Crippen LogP contribution in [-0.4, -0.2) is 68.7 Å². The van der Waals surface area contributed by atoms with Gasteiger partial charge in [0.15, 0.2) is 0 Å². The Hall–Kier alpha value is -0.660. The average molecular weight is 407 g/mol. The van der Waals surface area contributed by atoms with Crippen molar-refractivity contribution >= 4 is 15.9 Å². The predicted molar refractivity (Wildman–Crippen MR) is 112 cm³/mol. The van der Waals surface area contributed by atoms with Crippen LogP contribution in [0.3, 0.4) is 0 Å². The molecule has 0 aromatic carbocycles. The number of ether oxygens (including phenoxy) is 1. The van der Waals surface area contributed by atoms with Gasteiger partial charge < -0.3 is 9.64 Å². The molecule has 0 aliphatic carbocycles. The fraction of sp³-hybridized carbons (Fsp3) is 0.950. The maximum atomic E-state index is 12.5. The Kier molecular flexibility index (Phi) is 10.5. The second-order valence-electron chi connectivity index (χ2n) is 8.80. The van der Waals surface area contributed by atoms with Crippen molar-refractivity contribution in [3.05, 3.63) is 0 Å². The zero-order chi connectivity index (χ0) is 21.6. The number of sulfonamides is 1. The number of hydrogen-bond donors (Lipinski definition) is 0. The molecule has 0 N–H and O–H groups in total. The van der Waals surface area contributed by atoms with E-state index in [1.165, 1.54) is 10.6 Å². The van der Waals surface area contributed by atoms with Crippen molar-refractivity contribution in [2.24, 2.45) is 11.3 Å². The summed E-state index contributed by atoms with van der Waals surface area (Å²) in [6.07, 6.45) is 3.21. The number of hydrogen-bond acceptors (Lipinski definition) is 4. The average Bonchev–Trinajstić information content (AvgIpc) is 2.53. The van der Waals surface area contributed by atoms with Crippen LogP contribution in [-0.2, 0) is 19.6 Å². The van der Waals surface area contributed by atoms with Crippen molar-refractivity contribution in [3.63, 3.8) is 0 Å². The maximum absolute atomic E-state index is 12.5. The minimum atomic E-state index is -3.35. The van der Waals surface area contributed by atoms with E-state index in [9.17, 15) is 13.2 Å². The lowest BCUT2D eigenvalue weighted by molar-refractivity contribution is -0.136. The highest BCUT2D eigenvalue weighted by molar-refractivity contribution is 7.88. The lowest BCUT2D eigenvalue weighted by Gasteiger charge is -2.41. The van der Waals surface area contributed by atoms with E-state index in [2.05, 4.69) is 20.8 Å². The van der Waals surface area contributed by atoms with Crippen molar-refractivity contribution in [1.29, 1.82) is 0 Å². The third kappa shape index (κ3) is 8.48. The van der Waals surface area contributed by atoms with Crippen LogP contribution < -0.4 is 0 Å². The van der Waals surface area contributed by atoms with E-state index in [1.54, 1.807) is 19.0 Å². The molecule has 0 aliphatic rings. The minimum absolute atomic E-state index is 0.0208. The van der Waals surface area contributed by atoms with E-state index in [4.69, 9.17) is 4.74 Å². The molecule has 0 aromatic rings. The van der Waals surface area contributed by atoms with Gasteiger partial charge in [-0.2, -0.15) is 4.31 Å². The van der Waals surface area contributed by atoms with Gasteiger partial charge in [-0.15, -0.1) is 0 Å². The molecule has 0 aliphatic heterocycles. The summed E-state index contributed by atoms with van der Waals surface area (Å²) in [5.41, 5.74) is -0.354. The van der Waals surface area contributed by atoms with Crippen molar-refractivity contribution in [1.82, 2.24) is 9.21 Å². The van der Waals surface area contributed by atoms with Gasteiger partial charge in [0, 0.05) is 32.6 Å². The molecule has 0 radical (unpaired) electrons. The first-order chi connectivity index (χ1) is 12.2. The molecule has 27 heavy (non-hydrogen) atoms. The lowest BCUT2D eigenvalue weighted by Crippen LogP contribution is -2.49. The van der Waals surface area contributed by atoms with Gasteiger partial charge in [-0.25, -0.2) is 8.42 Å². The Balaban J connectivity index is 5.72. The van der Waals surface area contributed by atoms with Crippen molar-refractivity contribution in [3.8, 4) is 0 Å². The van der Waals surface area contributed by atoms with E-state index >= 15 is 0 Å². The molecule has 0 spiro atoms. The van der Waals surface area contributed by atoms with Crippen LogP contribution in [0.25, 0.3) is 0 Å². The van der Waals surface area contributed by atoms with E-state index < -0.39 is 10.0 Å². The Bertz CT molecular complexity index is 558. The van der Waals surface area contributed by atoms with Crippen LogP contribution in [0, 0.1) is 11.3 Å². The van der Waals surface area contributed by atoms with Crippen LogP contribution in [0.1, 0.15) is 67.7 Å². The molecule has 0 heterocycles. The second-order valence-corrected chi connectivity index (χ2v) is 10.7. The summed E-state index contributed by atoms with van der Waals surface area (Å²) in [6, 6.07) is -0.149. The first-order valence-electron chi connectivity index (χ1n) is 10.0. The normalized spacial score (nSPS) is 16.4. The predicted octanol–water partition coefficient (Wildman–Crippen LogP) is 3.37. The van der Waals surface area contributed by atoms with Gasteiger partial charge in [0.05, 0.1) is 18.5 Å². The molecule has 7 heteroatoms. The van der Waals surface area contributed by atoms with Crippen LogP contribution in [0.15, 0.2) is 0 Å². The monoisotopic (exact) mass is 406 g/mol. The summed E-state index contributed by atoms with van der Waals surface area (Å²) in [4.78, 5) is 14.2. The fourth-order valence-electron chi connectivity index (χ4n) is 3.28. The van der Waals surface area contributed by atoms with Gasteiger partial charge in [0.2, 0.25) is 15.9 Å². The summed E-state index contributed by atoms with van der Waals surface area (Å²) in [7, 11) is 0.199. The number of amides is 1. The Morgan fingerprint density at radius 3 is 1.93 bits per heavy atom. The smallest absolute Gasteiger partial charge is 0.225 e. The zero-order valence-corrected chi connectivity index (χ0v) is 19.9. The number of carbonyl (C=O) groups is 1. The molecule has 1 amide bonds. The molecule has 3 unspecified atom stereocenters. The van der Waals surface area contributed by atoms with Crippen molar-refractivity contribution in [2.45, 2.75) is 86.0 Å². The standard InChI is InChI=1S/C20H42N2O4S/c1-11-16(5)26-18(14-22(15(3)4)27(10,24)25)20(6,7)13-17(12-2)19(23)21(8)9/h15-18H,11-14H2,1-10H3. The minimum Gasteiger partial charge on any atom is -0.373 e. The molecule has 3 atom stereocenters. The Morgan fingerprint density at radius 1 is 1.07 bits per heavy atom. The zero-order valence-electron chi connectivity index (χ0n) is 19.1. The summed E-state index contributed by atoms with van der Waals surface area (Å²) in [5, 5.41) is 0. The fourth-order valence-corrected chi connectivity index (χ4v) is 4.45. The molecular weight excluding hydrogens is 364 g/mol. The maximum Gasteiger partial charge on any atom is 0.225 e. The molecule has 0 rings (SSSR count). The third-order valence-electron chi connectivity index (χ3n) is 5.25. The number of rotatable bonds is 12. The molecule has 0 fully saturated rings. The second kappa shape index (κ2) is 10.8. The third-order valence-corrected chi connectivity index (χ3v) is 6.67. The first-order valence-corrected chi connectivity index (χ1v) is 11.9. The summed E-state index contributed by atoms with van der Waals surface area (Å²) >= 11 is 0. The van der Waals surface area contributed by atoms with Crippen molar-refractivity contribution < 1.29 is 17.9 Å². The lowest BCUT2D eigenvalue weighted by atomic mass is 9.76. The molecule has 0 saturated heterocycles. The molecular formula is C20H42N2O4S. The van der Waals surface area contributed by atoms with E-state index in [-0.39, 0.29) is 35.5 Å². The van der Waals surface area contributed by atoms with Gasteiger partial charge in [0.25, 0.3) is 0 Å². The van der Waals surface area contributed by atoms with Crippen molar-refractivity contribution in [2.75, 3.05) is 26.9 Å². The van der Waals surface area contributed by atoms with Gasteiger partial charge in [-0.3, -0.25) is 4.79 Å². The molecule has 162 valence electrons.